The lowest BCUT2D eigenvalue weighted by atomic mass is 9.64. The first-order valence-electron chi connectivity index (χ1n) is 8.41. The standard InChI is InChI=1S/C17H35NO/c1-6-8-9-10-11-14(3)19-16-13-15(17(16,4)5)18-12-7-2/h14-16,18H,6-13H2,1-5H3. The molecule has 1 rings (SSSR count). The Hall–Kier alpha value is -0.0800. The molecule has 3 unspecified atom stereocenters. The van der Waals surface area contributed by atoms with Crippen LogP contribution in [-0.4, -0.2) is 24.8 Å². The van der Waals surface area contributed by atoms with Crippen LogP contribution in [0.2, 0.25) is 0 Å². The van der Waals surface area contributed by atoms with Gasteiger partial charge in [-0.05, 0) is 32.7 Å². The van der Waals surface area contributed by atoms with Gasteiger partial charge in [-0.15, -0.1) is 0 Å². The molecule has 19 heavy (non-hydrogen) atoms. The van der Waals surface area contributed by atoms with Gasteiger partial charge in [0.25, 0.3) is 0 Å². The van der Waals surface area contributed by atoms with Crippen molar-refractivity contribution in [2.75, 3.05) is 6.54 Å². The maximum atomic E-state index is 6.25. The zero-order chi connectivity index (χ0) is 14.3. The Morgan fingerprint density at radius 1 is 1.16 bits per heavy atom. The van der Waals surface area contributed by atoms with Crippen LogP contribution in [0.25, 0.3) is 0 Å². The van der Waals surface area contributed by atoms with E-state index in [1.54, 1.807) is 0 Å². The van der Waals surface area contributed by atoms with Crippen molar-refractivity contribution in [2.45, 2.75) is 97.8 Å². The van der Waals surface area contributed by atoms with Crippen molar-refractivity contribution in [3.05, 3.63) is 0 Å². The molecule has 0 aromatic heterocycles. The lowest BCUT2D eigenvalue weighted by Gasteiger charge is -2.52. The predicted octanol–water partition coefficient (Wildman–Crippen LogP) is 4.53. The van der Waals surface area contributed by atoms with Gasteiger partial charge in [0.2, 0.25) is 0 Å². The normalized spacial score (nSPS) is 27.0. The molecule has 1 saturated carbocycles. The minimum atomic E-state index is 0.298. The van der Waals surface area contributed by atoms with E-state index < -0.39 is 0 Å². The van der Waals surface area contributed by atoms with Gasteiger partial charge in [-0.3, -0.25) is 0 Å². The number of hydrogen-bond donors (Lipinski definition) is 1. The highest BCUT2D eigenvalue weighted by Gasteiger charge is 2.48. The summed E-state index contributed by atoms with van der Waals surface area (Å²) >= 11 is 0. The van der Waals surface area contributed by atoms with Crippen LogP contribution in [0.4, 0.5) is 0 Å². The lowest BCUT2D eigenvalue weighted by molar-refractivity contribution is -0.144. The molecule has 114 valence electrons. The smallest absolute Gasteiger partial charge is 0.0659 e. The van der Waals surface area contributed by atoms with Crippen LogP contribution in [0, 0.1) is 5.41 Å². The third-order valence-electron chi connectivity index (χ3n) is 4.68. The highest BCUT2D eigenvalue weighted by molar-refractivity contribution is 5.02. The lowest BCUT2D eigenvalue weighted by Crippen LogP contribution is -2.61. The highest BCUT2D eigenvalue weighted by atomic mass is 16.5. The molecule has 0 amide bonds. The van der Waals surface area contributed by atoms with Gasteiger partial charge in [0.15, 0.2) is 0 Å². The van der Waals surface area contributed by atoms with Crippen LogP contribution in [0.1, 0.15) is 79.6 Å². The third kappa shape index (κ3) is 5.07. The Kier molecular flexibility index (Phi) is 7.38. The fourth-order valence-corrected chi connectivity index (χ4v) is 2.99. The molecule has 0 heterocycles. The summed E-state index contributed by atoms with van der Waals surface area (Å²) < 4.78 is 6.25. The van der Waals surface area contributed by atoms with Crippen molar-refractivity contribution in [1.29, 1.82) is 0 Å². The van der Waals surface area contributed by atoms with Crippen molar-refractivity contribution < 1.29 is 4.74 Å². The maximum absolute atomic E-state index is 6.25. The highest BCUT2D eigenvalue weighted by Crippen LogP contribution is 2.43. The number of rotatable bonds is 10. The summed E-state index contributed by atoms with van der Waals surface area (Å²) in [4.78, 5) is 0. The predicted molar refractivity (Wildman–Crippen MR) is 83.6 cm³/mol. The van der Waals surface area contributed by atoms with Crippen molar-refractivity contribution in [2.24, 2.45) is 5.41 Å². The summed E-state index contributed by atoms with van der Waals surface area (Å²) in [6.07, 6.45) is 9.85. The molecule has 3 atom stereocenters. The second-order valence-electron chi connectivity index (χ2n) is 6.85. The summed E-state index contributed by atoms with van der Waals surface area (Å²) in [5, 5.41) is 3.64. The van der Waals surface area contributed by atoms with Crippen LogP contribution in [0.3, 0.4) is 0 Å². The Morgan fingerprint density at radius 3 is 2.47 bits per heavy atom. The van der Waals surface area contributed by atoms with Gasteiger partial charge < -0.3 is 10.1 Å². The Morgan fingerprint density at radius 2 is 1.89 bits per heavy atom. The van der Waals surface area contributed by atoms with Crippen molar-refractivity contribution >= 4 is 0 Å². The molecule has 0 aromatic rings. The fourth-order valence-electron chi connectivity index (χ4n) is 2.99. The Balaban J connectivity index is 2.19. The Labute approximate surface area is 120 Å². The first kappa shape index (κ1) is 17.0. The first-order valence-corrected chi connectivity index (χ1v) is 8.41. The topological polar surface area (TPSA) is 21.3 Å². The van der Waals surface area contributed by atoms with Crippen molar-refractivity contribution in [3.8, 4) is 0 Å². The van der Waals surface area contributed by atoms with E-state index in [1.165, 1.54) is 44.9 Å². The zero-order valence-electron chi connectivity index (χ0n) is 13.8. The second kappa shape index (κ2) is 8.26. The van der Waals surface area contributed by atoms with Gasteiger partial charge in [0, 0.05) is 11.5 Å². The molecule has 0 spiro atoms. The van der Waals surface area contributed by atoms with Crippen LogP contribution in [-0.2, 0) is 4.74 Å². The molecule has 0 radical (unpaired) electrons. The van der Waals surface area contributed by atoms with Gasteiger partial charge in [0.1, 0.15) is 0 Å². The van der Waals surface area contributed by atoms with Gasteiger partial charge >= 0.3 is 0 Å². The number of unbranched alkanes of at least 4 members (excludes halogenated alkanes) is 3. The van der Waals surface area contributed by atoms with Crippen molar-refractivity contribution in [3.63, 3.8) is 0 Å². The Bertz CT molecular complexity index is 239. The number of nitrogens with one attached hydrogen (secondary N) is 1. The summed E-state index contributed by atoms with van der Waals surface area (Å²) in [6.45, 7) is 12.6. The SMILES string of the molecule is CCCCCCC(C)OC1CC(NCCC)C1(C)C. The van der Waals surface area contributed by atoms with E-state index in [1.807, 2.05) is 0 Å². The van der Waals surface area contributed by atoms with Crippen LogP contribution in [0.5, 0.6) is 0 Å². The molecule has 1 aliphatic rings. The van der Waals surface area contributed by atoms with E-state index in [0.29, 0.717) is 23.7 Å². The molecule has 0 aliphatic heterocycles. The molecular weight excluding hydrogens is 234 g/mol. The maximum Gasteiger partial charge on any atom is 0.0659 e. The van der Waals surface area contributed by atoms with Gasteiger partial charge in [-0.25, -0.2) is 0 Å². The molecule has 0 saturated heterocycles. The quantitative estimate of drug-likeness (QED) is 0.588. The first-order chi connectivity index (χ1) is 9.02. The summed E-state index contributed by atoms with van der Waals surface area (Å²) in [6, 6.07) is 0.643. The molecule has 2 heteroatoms. The average Bonchev–Trinajstić information content (AvgIpc) is 2.38. The zero-order valence-corrected chi connectivity index (χ0v) is 13.8. The molecule has 1 N–H and O–H groups in total. The molecular formula is C17H35NO. The van der Waals surface area contributed by atoms with Crippen LogP contribution >= 0.6 is 0 Å². The minimum Gasteiger partial charge on any atom is -0.375 e. The van der Waals surface area contributed by atoms with E-state index in [9.17, 15) is 0 Å². The largest absolute Gasteiger partial charge is 0.375 e. The molecule has 1 aliphatic carbocycles. The summed E-state index contributed by atoms with van der Waals surface area (Å²) in [5.74, 6) is 0. The van der Waals surface area contributed by atoms with E-state index in [0.717, 1.165) is 6.54 Å². The fraction of sp³-hybridized carbons (Fsp3) is 1.00. The molecule has 2 nitrogen and oxygen atoms in total. The molecule has 0 aromatic carbocycles. The van der Waals surface area contributed by atoms with E-state index in [-0.39, 0.29) is 0 Å². The van der Waals surface area contributed by atoms with E-state index >= 15 is 0 Å². The third-order valence-corrected chi connectivity index (χ3v) is 4.68. The number of ether oxygens (including phenoxy) is 1. The average molecular weight is 269 g/mol. The summed E-state index contributed by atoms with van der Waals surface area (Å²) in [5.41, 5.74) is 0.298. The monoisotopic (exact) mass is 269 g/mol. The van der Waals surface area contributed by atoms with Crippen LogP contribution in [0.15, 0.2) is 0 Å². The van der Waals surface area contributed by atoms with E-state index in [2.05, 4.69) is 39.9 Å². The molecule has 0 bridgehead atoms. The minimum absolute atomic E-state index is 0.298. The summed E-state index contributed by atoms with van der Waals surface area (Å²) in [7, 11) is 0. The van der Waals surface area contributed by atoms with E-state index in [4.69, 9.17) is 4.74 Å². The van der Waals surface area contributed by atoms with Gasteiger partial charge in [-0.2, -0.15) is 0 Å². The van der Waals surface area contributed by atoms with Crippen LogP contribution < -0.4 is 5.32 Å². The van der Waals surface area contributed by atoms with Gasteiger partial charge in [-0.1, -0.05) is 53.4 Å². The number of hydrogen-bond acceptors (Lipinski definition) is 2. The van der Waals surface area contributed by atoms with Gasteiger partial charge in [0.05, 0.1) is 12.2 Å². The molecule has 1 fully saturated rings. The van der Waals surface area contributed by atoms with Crippen molar-refractivity contribution in [1.82, 2.24) is 5.32 Å². The second-order valence-corrected chi connectivity index (χ2v) is 6.85.